The molecule has 2 rings (SSSR count). The molecule has 0 atom stereocenters. The number of carbonyl (C=O) groups excluding carboxylic acids is 1. The SMILES string of the molecule is C=CCN(Cc1ccc(OC)cc1)C(=O)c1ccc([N+](=O)[O-])o1. The lowest BCUT2D eigenvalue weighted by Crippen LogP contribution is -2.30. The highest BCUT2D eigenvalue weighted by Crippen LogP contribution is 2.19. The molecule has 0 saturated carbocycles. The zero-order chi connectivity index (χ0) is 16.8. The van der Waals surface area contributed by atoms with Crippen LogP contribution in [-0.4, -0.2) is 29.4 Å². The predicted octanol–water partition coefficient (Wildman–Crippen LogP) is 3.02. The fourth-order valence-corrected chi connectivity index (χ4v) is 2.02. The standard InChI is InChI=1S/C16H16N2O5/c1-3-10-17(11-12-4-6-13(22-2)7-5-12)16(19)14-8-9-15(23-14)18(20)21/h3-9H,1,10-11H2,2H3. The Morgan fingerprint density at radius 3 is 2.57 bits per heavy atom. The molecule has 0 radical (unpaired) electrons. The molecule has 23 heavy (non-hydrogen) atoms. The summed E-state index contributed by atoms with van der Waals surface area (Å²) >= 11 is 0. The Morgan fingerprint density at radius 1 is 1.35 bits per heavy atom. The zero-order valence-electron chi connectivity index (χ0n) is 12.6. The van der Waals surface area contributed by atoms with Crippen molar-refractivity contribution in [2.75, 3.05) is 13.7 Å². The first-order valence-electron chi connectivity index (χ1n) is 6.82. The molecule has 7 nitrogen and oxygen atoms in total. The number of carbonyl (C=O) groups is 1. The molecule has 120 valence electrons. The molecule has 0 N–H and O–H groups in total. The number of hydrogen-bond acceptors (Lipinski definition) is 5. The van der Waals surface area contributed by atoms with Crippen LogP contribution in [-0.2, 0) is 6.54 Å². The average molecular weight is 316 g/mol. The third-order valence-corrected chi connectivity index (χ3v) is 3.15. The van der Waals surface area contributed by atoms with Crippen molar-refractivity contribution in [3.8, 4) is 5.75 Å². The van der Waals surface area contributed by atoms with Crippen molar-refractivity contribution in [1.82, 2.24) is 4.90 Å². The van der Waals surface area contributed by atoms with E-state index in [0.717, 1.165) is 17.4 Å². The van der Waals surface area contributed by atoms with Crippen LogP contribution in [0.15, 0.2) is 53.5 Å². The van der Waals surface area contributed by atoms with Crippen LogP contribution >= 0.6 is 0 Å². The van der Waals surface area contributed by atoms with Gasteiger partial charge in [0.2, 0.25) is 0 Å². The van der Waals surface area contributed by atoms with Crippen LogP contribution in [0.25, 0.3) is 0 Å². The first-order chi connectivity index (χ1) is 11.0. The first-order valence-corrected chi connectivity index (χ1v) is 6.82. The van der Waals surface area contributed by atoms with E-state index in [-0.39, 0.29) is 5.76 Å². The molecule has 0 unspecified atom stereocenters. The van der Waals surface area contributed by atoms with Gasteiger partial charge in [-0.25, -0.2) is 0 Å². The van der Waals surface area contributed by atoms with Crippen molar-refractivity contribution >= 4 is 11.8 Å². The van der Waals surface area contributed by atoms with Gasteiger partial charge in [0.1, 0.15) is 10.7 Å². The minimum Gasteiger partial charge on any atom is -0.497 e. The summed E-state index contributed by atoms with van der Waals surface area (Å²) in [6, 6.07) is 9.73. The zero-order valence-corrected chi connectivity index (χ0v) is 12.6. The van der Waals surface area contributed by atoms with Crippen molar-refractivity contribution in [3.63, 3.8) is 0 Å². The lowest BCUT2D eigenvalue weighted by atomic mass is 10.2. The van der Waals surface area contributed by atoms with Crippen LogP contribution < -0.4 is 4.74 Å². The molecule has 7 heteroatoms. The van der Waals surface area contributed by atoms with Gasteiger partial charge in [-0.05, 0) is 23.8 Å². The Balaban J connectivity index is 2.16. The number of nitro groups is 1. The Labute approximate surface area is 132 Å². The molecule has 0 aliphatic rings. The Kier molecular flexibility index (Phi) is 5.14. The van der Waals surface area contributed by atoms with Gasteiger partial charge in [-0.2, -0.15) is 0 Å². The molecule has 0 fully saturated rings. The fourth-order valence-electron chi connectivity index (χ4n) is 2.02. The van der Waals surface area contributed by atoms with Crippen molar-refractivity contribution < 1.29 is 18.9 Å². The van der Waals surface area contributed by atoms with Crippen LogP contribution in [0.5, 0.6) is 5.75 Å². The summed E-state index contributed by atoms with van der Waals surface area (Å²) in [4.78, 5) is 23.9. The summed E-state index contributed by atoms with van der Waals surface area (Å²) < 4.78 is 10.1. The van der Waals surface area contributed by atoms with E-state index < -0.39 is 16.7 Å². The molecule has 1 aromatic carbocycles. The van der Waals surface area contributed by atoms with Crippen molar-refractivity contribution in [2.45, 2.75) is 6.54 Å². The molecular weight excluding hydrogens is 300 g/mol. The van der Waals surface area contributed by atoms with E-state index in [1.807, 2.05) is 12.1 Å². The molecule has 0 spiro atoms. The lowest BCUT2D eigenvalue weighted by Gasteiger charge is -2.20. The number of methoxy groups -OCH3 is 1. The van der Waals surface area contributed by atoms with Crippen LogP contribution in [0.2, 0.25) is 0 Å². The predicted molar refractivity (Wildman–Crippen MR) is 83.3 cm³/mol. The van der Waals surface area contributed by atoms with Gasteiger partial charge in [-0.1, -0.05) is 18.2 Å². The molecule has 1 aromatic heterocycles. The molecule has 0 aliphatic heterocycles. The smallest absolute Gasteiger partial charge is 0.433 e. The molecule has 0 aliphatic carbocycles. The fraction of sp³-hybridized carbons (Fsp3) is 0.188. The Hall–Kier alpha value is -3.09. The number of furan rings is 1. The quantitative estimate of drug-likeness (QED) is 0.445. The highest BCUT2D eigenvalue weighted by atomic mass is 16.6. The highest BCUT2D eigenvalue weighted by Gasteiger charge is 2.22. The first kappa shape index (κ1) is 16.3. The normalized spacial score (nSPS) is 10.1. The topological polar surface area (TPSA) is 85.8 Å². The number of hydrogen-bond donors (Lipinski definition) is 0. The van der Waals surface area contributed by atoms with E-state index in [4.69, 9.17) is 9.15 Å². The van der Waals surface area contributed by atoms with E-state index in [9.17, 15) is 14.9 Å². The van der Waals surface area contributed by atoms with Crippen molar-refractivity contribution in [1.29, 1.82) is 0 Å². The van der Waals surface area contributed by atoms with Crippen molar-refractivity contribution in [2.24, 2.45) is 0 Å². The molecule has 2 aromatic rings. The van der Waals surface area contributed by atoms with Gasteiger partial charge in [-0.3, -0.25) is 14.9 Å². The minimum atomic E-state index is -0.682. The monoisotopic (exact) mass is 316 g/mol. The van der Waals surface area contributed by atoms with Gasteiger partial charge in [0.05, 0.1) is 13.2 Å². The summed E-state index contributed by atoms with van der Waals surface area (Å²) in [7, 11) is 1.58. The Bertz CT molecular complexity index is 706. The van der Waals surface area contributed by atoms with E-state index in [0.29, 0.717) is 13.1 Å². The second kappa shape index (κ2) is 7.26. The van der Waals surface area contributed by atoms with Crippen molar-refractivity contribution in [3.05, 3.63) is 70.5 Å². The average Bonchev–Trinajstić information content (AvgIpc) is 3.05. The van der Waals surface area contributed by atoms with Crippen LogP contribution in [0.1, 0.15) is 16.1 Å². The van der Waals surface area contributed by atoms with Gasteiger partial charge >= 0.3 is 5.88 Å². The summed E-state index contributed by atoms with van der Waals surface area (Å²) in [5.74, 6) is -0.255. The number of nitrogens with zero attached hydrogens (tertiary/aromatic N) is 2. The maximum Gasteiger partial charge on any atom is 0.433 e. The second-order valence-electron chi connectivity index (χ2n) is 4.72. The van der Waals surface area contributed by atoms with Gasteiger partial charge in [-0.15, -0.1) is 6.58 Å². The van der Waals surface area contributed by atoms with Crippen LogP contribution in [0.3, 0.4) is 0 Å². The van der Waals surface area contributed by atoms with E-state index >= 15 is 0 Å². The largest absolute Gasteiger partial charge is 0.497 e. The molecule has 1 amide bonds. The third-order valence-electron chi connectivity index (χ3n) is 3.15. The molecule has 1 heterocycles. The van der Waals surface area contributed by atoms with E-state index in [2.05, 4.69) is 6.58 Å². The summed E-state index contributed by atoms with van der Waals surface area (Å²) in [5, 5.41) is 10.6. The summed E-state index contributed by atoms with van der Waals surface area (Å²) in [6.45, 7) is 4.24. The lowest BCUT2D eigenvalue weighted by molar-refractivity contribution is -0.402. The number of rotatable bonds is 7. The molecule has 0 saturated heterocycles. The summed E-state index contributed by atoms with van der Waals surface area (Å²) in [5.41, 5.74) is 0.891. The van der Waals surface area contributed by atoms with Gasteiger partial charge in [0, 0.05) is 13.1 Å². The number of amides is 1. The molecule has 0 bridgehead atoms. The van der Waals surface area contributed by atoms with Gasteiger partial charge in [0.25, 0.3) is 5.91 Å². The van der Waals surface area contributed by atoms with Crippen LogP contribution in [0, 0.1) is 10.1 Å². The third kappa shape index (κ3) is 3.97. The van der Waals surface area contributed by atoms with Crippen LogP contribution in [0.4, 0.5) is 5.88 Å². The molecular formula is C16H16N2O5. The number of ether oxygens (including phenoxy) is 1. The summed E-state index contributed by atoms with van der Waals surface area (Å²) in [6.07, 6.45) is 1.58. The van der Waals surface area contributed by atoms with Gasteiger partial charge in [0.15, 0.2) is 5.76 Å². The highest BCUT2D eigenvalue weighted by molar-refractivity contribution is 5.91. The van der Waals surface area contributed by atoms with E-state index in [1.165, 1.54) is 11.0 Å². The maximum absolute atomic E-state index is 12.4. The number of benzene rings is 1. The van der Waals surface area contributed by atoms with E-state index in [1.54, 1.807) is 25.3 Å². The van der Waals surface area contributed by atoms with Gasteiger partial charge < -0.3 is 14.1 Å². The maximum atomic E-state index is 12.4. The Morgan fingerprint density at radius 2 is 2.04 bits per heavy atom. The second-order valence-corrected chi connectivity index (χ2v) is 4.72. The minimum absolute atomic E-state index is 0.0768.